The third kappa shape index (κ3) is 3.25. The van der Waals surface area contributed by atoms with Crippen LogP contribution in [0.15, 0.2) is 35.5 Å². The lowest BCUT2D eigenvalue weighted by molar-refractivity contribution is -0.134. The van der Waals surface area contributed by atoms with Gasteiger partial charge in [0.15, 0.2) is 5.78 Å². The Labute approximate surface area is 119 Å². The number of hydrogen-bond acceptors (Lipinski definition) is 4. The fourth-order valence-corrected chi connectivity index (χ4v) is 2.41. The molecule has 0 saturated heterocycles. The molecule has 0 radical (unpaired) electrons. The molecule has 1 aliphatic rings. The van der Waals surface area contributed by atoms with E-state index in [-0.39, 0.29) is 12.2 Å². The summed E-state index contributed by atoms with van der Waals surface area (Å²) >= 11 is 0. The topological polar surface area (TPSA) is 63.6 Å². The maximum Gasteiger partial charge on any atom is 0.330 e. The predicted octanol–water partition coefficient (Wildman–Crippen LogP) is 2.34. The Hall–Kier alpha value is -1.68. The standard InChI is InChI=1S/C16H22O4/c1-11(8-14(18)20-5)6-7-16(19)12(2)9-13(17)10-15(16,3)4/h6-9,19H,10H2,1-5H3/b7-6+,11-8+/t16-/m1/s1. The van der Waals surface area contributed by atoms with E-state index in [9.17, 15) is 14.7 Å². The van der Waals surface area contributed by atoms with Gasteiger partial charge in [0.25, 0.3) is 0 Å². The number of ether oxygens (including phenoxy) is 1. The number of methoxy groups -OCH3 is 1. The van der Waals surface area contributed by atoms with Gasteiger partial charge in [0, 0.05) is 17.9 Å². The van der Waals surface area contributed by atoms with Crippen LogP contribution >= 0.6 is 0 Å². The zero-order chi connectivity index (χ0) is 15.6. The van der Waals surface area contributed by atoms with Crippen LogP contribution in [0.2, 0.25) is 0 Å². The number of hydrogen-bond donors (Lipinski definition) is 1. The van der Waals surface area contributed by atoms with Crippen LogP contribution < -0.4 is 0 Å². The fourth-order valence-electron chi connectivity index (χ4n) is 2.41. The molecule has 0 aliphatic heterocycles. The van der Waals surface area contributed by atoms with E-state index in [4.69, 9.17) is 0 Å². The highest BCUT2D eigenvalue weighted by atomic mass is 16.5. The van der Waals surface area contributed by atoms with E-state index in [0.717, 1.165) is 0 Å². The van der Waals surface area contributed by atoms with Gasteiger partial charge in [-0.15, -0.1) is 0 Å². The van der Waals surface area contributed by atoms with Gasteiger partial charge in [0.2, 0.25) is 0 Å². The van der Waals surface area contributed by atoms with Crippen molar-refractivity contribution in [3.8, 4) is 0 Å². The lowest BCUT2D eigenvalue weighted by Gasteiger charge is -2.43. The third-order valence-corrected chi connectivity index (χ3v) is 3.76. The highest BCUT2D eigenvalue weighted by Gasteiger charge is 2.46. The molecule has 1 aliphatic carbocycles. The van der Waals surface area contributed by atoms with Crippen LogP contribution in [0.3, 0.4) is 0 Å². The van der Waals surface area contributed by atoms with Gasteiger partial charge >= 0.3 is 5.97 Å². The normalized spacial score (nSPS) is 26.6. The second kappa shape index (κ2) is 5.75. The summed E-state index contributed by atoms with van der Waals surface area (Å²) in [6.07, 6.45) is 6.42. The van der Waals surface area contributed by atoms with E-state index >= 15 is 0 Å². The summed E-state index contributed by atoms with van der Waals surface area (Å²) in [4.78, 5) is 22.8. The second-order valence-electron chi connectivity index (χ2n) is 5.87. The molecule has 0 saturated carbocycles. The van der Waals surface area contributed by atoms with Gasteiger partial charge in [-0.25, -0.2) is 4.79 Å². The summed E-state index contributed by atoms with van der Waals surface area (Å²) in [5, 5.41) is 10.9. The smallest absolute Gasteiger partial charge is 0.330 e. The van der Waals surface area contributed by atoms with E-state index < -0.39 is 17.0 Å². The van der Waals surface area contributed by atoms with E-state index in [2.05, 4.69) is 4.74 Å². The van der Waals surface area contributed by atoms with Gasteiger partial charge < -0.3 is 9.84 Å². The maximum absolute atomic E-state index is 11.6. The lowest BCUT2D eigenvalue weighted by Crippen LogP contribution is -2.48. The molecule has 0 bridgehead atoms. The summed E-state index contributed by atoms with van der Waals surface area (Å²) in [6.45, 7) is 7.19. The van der Waals surface area contributed by atoms with Gasteiger partial charge in [0.05, 0.1) is 7.11 Å². The van der Waals surface area contributed by atoms with Crippen molar-refractivity contribution in [3.05, 3.63) is 35.5 Å². The highest BCUT2D eigenvalue weighted by Crippen LogP contribution is 2.44. The van der Waals surface area contributed by atoms with E-state index in [1.54, 1.807) is 26.0 Å². The molecule has 0 aromatic carbocycles. The van der Waals surface area contributed by atoms with E-state index in [1.165, 1.54) is 19.3 Å². The van der Waals surface area contributed by atoms with Crippen LogP contribution in [0.1, 0.15) is 34.1 Å². The molecule has 1 N–H and O–H groups in total. The number of carbonyl (C=O) groups is 2. The SMILES string of the molecule is COC(=O)/C=C(C)/C=C/[C@@]1(O)C(C)=CC(=O)CC1(C)C. The Morgan fingerprint density at radius 1 is 1.45 bits per heavy atom. The minimum atomic E-state index is -1.20. The first-order valence-corrected chi connectivity index (χ1v) is 6.52. The average molecular weight is 278 g/mol. The molecular weight excluding hydrogens is 256 g/mol. The molecule has 110 valence electrons. The van der Waals surface area contributed by atoms with Crippen molar-refractivity contribution in [1.82, 2.24) is 0 Å². The minimum Gasteiger partial charge on any atom is -0.466 e. The molecule has 4 nitrogen and oxygen atoms in total. The Morgan fingerprint density at radius 2 is 2.05 bits per heavy atom. The molecule has 0 aromatic heterocycles. The van der Waals surface area contributed by atoms with Crippen LogP contribution in [-0.4, -0.2) is 29.6 Å². The maximum atomic E-state index is 11.6. The first kappa shape index (κ1) is 16.4. The van der Waals surface area contributed by atoms with Crippen molar-refractivity contribution in [3.63, 3.8) is 0 Å². The minimum absolute atomic E-state index is 0.0207. The van der Waals surface area contributed by atoms with E-state index in [0.29, 0.717) is 11.1 Å². The second-order valence-corrected chi connectivity index (χ2v) is 5.87. The quantitative estimate of drug-likeness (QED) is 0.489. The molecule has 20 heavy (non-hydrogen) atoms. The van der Waals surface area contributed by atoms with Crippen LogP contribution in [0.4, 0.5) is 0 Å². The van der Waals surface area contributed by atoms with Crippen molar-refractivity contribution >= 4 is 11.8 Å². The number of carbonyl (C=O) groups excluding carboxylic acids is 2. The van der Waals surface area contributed by atoms with Crippen LogP contribution in [0.25, 0.3) is 0 Å². The van der Waals surface area contributed by atoms with Crippen molar-refractivity contribution in [1.29, 1.82) is 0 Å². The lowest BCUT2D eigenvalue weighted by atomic mass is 9.64. The zero-order valence-corrected chi connectivity index (χ0v) is 12.7. The monoisotopic (exact) mass is 278 g/mol. The average Bonchev–Trinajstić information content (AvgIpc) is 2.32. The Balaban J connectivity index is 3.10. The van der Waals surface area contributed by atoms with Crippen molar-refractivity contribution < 1.29 is 19.4 Å². The number of esters is 1. The van der Waals surface area contributed by atoms with Crippen molar-refractivity contribution in [2.75, 3.05) is 7.11 Å². The van der Waals surface area contributed by atoms with Crippen LogP contribution in [0, 0.1) is 5.41 Å². The highest BCUT2D eigenvalue weighted by molar-refractivity contribution is 5.92. The Bertz CT molecular complexity index is 509. The summed E-state index contributed by atoms with van der Waals surface area (Å²) in [7, 11) is 1.31. The van der Waals surface area contributed by atoms with Gasteiger partial charge in [-0.05, 0) is 37.1 Å². The molecule has 0 unspecified atom stereocenters. The van der Waals surface area contributed by atoms with E-state index in [1.807, 2.05) is 13.8 Å². The summed E-state index contributed by atoms with van der Waals surface area (Å²) in [5.74, 6) is -0.420. The Morgan fingerprint density at radius 3 is 2.55 bits per heavy atom. The Kier molecular flexibility index (Phi) is 4.71. The first-order valence-electron chi connectivity index (χ1n) is 6.52. The third-order valence-electron chi connectivity index (χ3n) is 3.76. The van der Waals surface area contributed by atoms with Crippen molar-refractivity contribution in [2.45, 2.75) is 39.7 Å². The molecule has 0 aromatic rings. The number of allylic oxidation sites excluding steroid dienone is 3. The van der Waals surface area contributed by atoms with Gasteiger partial charge in [0.1, 0.15) is 5.60 Å². The molecule has 4 heteroatoms. The van der Waals surface area contributed by atoms with Gasteiger partial charge in [-0.2, -0.15) is 0 Å². The van der Waals surface area contributed by atoms with Gasteiger partial charge in [-0.1, -0.05) is 19.9 Å². The molecule has 0 heterocycles. The van der Waals surface area contributed by atoms with Crippen LogP contribution in [-0.2, 0) is 14.3 Å². The summed E-state index contributed by atoms with van der Waals surface area (Å²) in [5.41, 5.74) is -0.511. The largest absolute Gasteiger partial charge is 0.466 e. The number of aliphatic hydroxyl groups is 1. The molecule has 0 spiro atoms. The predicted molar refractivity (Wildman–Crippen MR) is 77.0 cm³/mol. The molecule has 1 rings (SSSR count). The van der Waals surface area contributed by atoms with Crippen molar-refractivity contribution in [2.24, 2.45) is 5.41 Å². The fraction of sp³-hybridized carbons (Fsp3) is 0.500. The summed E-state index contributed by atoms with van der Waals surface area (Å²) in [6, 6.07) is 0. The zero-order valence-electron chi connectivity index (χ0n) is 12.7. The molecule has 0 amide bonds. The summed E-state index contributed by atoms with van der Waals surface area (Å²) < 4.78 is 4.55. The number of ketones is 1. The molecule has 0 fully saturated rings. The van der Waals surface area contributed by atoms with Crippen LogP contribution in [0.5, 0.6) is 0 Å². The molecular formula is C16H22O4. The van der Waals surface area contributed by atoms with Gasteiger partial charge in [-0.3, -0.25) is 4.79 Å². The number of rotatable bonds is 3. The molecule has 1 atom stereocenters. The first-order chi connectivity index (χ1) is 9.12.